The largest absolute Gasteiger partial charge is 0.497 e. The second-order valence-electron chi connectivity index (χ2n) is 8.37. The van der Waals surface area contributed by atoms with Crippen molar-refractivity contribution in [2.45, 2.75) is 16.5 Å². The number of methoxy groups -OCH3 is 1. The second kappa shape index (κ2) is 6.55. The van der Waals surface area contributed by atoms with Crippen LogP contribution in [0.3, 0.4) is 0 Å². The number of aliphatic hydroxyl groups excluding tert-OH is 1. The molecule has 1 saturated heterocycles. The van der Waals surface area contributed by atoms with Gasteiger partial charge >= 0.3 is 0 Å². The molecule has 0 unspecified atom stereocenters. The van der Waals surface area contributed by atoms with E-state index < -0.39 is 10.0 Å². The average molecular weight is 432 g/mol. The van der Waals surface area contributed by atoms with Gasteiger partial charge in [-0.3, -0.25) is 4.90 Å². The number of H-pyrrole nitrogens is 1. The zero-order chi connectivity index (χ0) is 21.3. The van der Waals surface area contributed by atoms with E-state index in [1.807, 2.05) is 25.2 Å². The Morgan fingerprint density at radius 2 is 2.07 bits per heavy atom. The number of nitrogens with zero attached hydrogens (tertiary/aromatic N) is 4. The summed E-state index contributed by atoms with van der Waals surface area (Å²) >= 11 is 0. The number of likely N-dealkylation sites (N-methyl/N-ethyl adjacent to an activating group) is 1. The fourth-order valence-corrected chi connectivity index (χ4v) is 6.55. The van der Waals surface area contributed by atoms with E-state index in [2.05, 4.69) is 14.9 Å². The molecule has 1 fully saturated rings. The zero-order valence-corrected chi connectivity index (χ0v) is 18.0. The minimum Gasteiger partial charge on any atom is -0.497 e. The molecule has 0 amide bonds. The monoisotopic (exact) mass is 431 g/mol. The predicted molar refractivity (Wildman–Crippen MR) is 111 cm³/mol. The molecule has 30 heavy (non-hydrogen) atoms. The molecule has 1 spiro atoms. The summed E-state index contributed by atoms with van der Waals surface area (Å²) in [5.41, 5.74) is 2.64. The molecule has 1 atom stereocenters. The number of sulfonamides is 1. The smallest absolute Gasteiger partial charge is 0.262 e. The van der Waals surface area contributed by atoms with E-state index in [-0.39, 0.29) is 23.1 Å². The van der Waals surface area contributed by atoms with Crippen LogP contribution >= 0.6 is 0 Å². The Hall–Kier alpha value is -2.40. The van der Waals surface area contributed by atoms with Crippen LogP contribution in [0.15, 0.2) is 35.7 Å². The molecule has 2 aliphatic heterocycles. The molecule has 3 aromatic rings. The van der Waals surface area contributed by atoms with Crippen molar-refractivity contribution in [1.82, 2.24) is 23.7 Å². The number of benzene rings is 1. The Balaban J connectivity index is 1.58. The predicted octanol–water partition coefficient (Wildman–Crippen LogP) is 0.831. The van der Waals surface area contributed by atoms with Crippen LogP contribution in [0.4, 0.5) is 0 Å². The number of aryl methyl sites for hydroxylation is 1. The van der Waals surface area contributed by atoms with E-state index in [1.54, 1.807) is 18.7 Å². The number of aliphatic hydroxyl groups is 1. The van der Waals surface area contributed by atoms with E-state index in [4.69, 9.17) is 4.74 Å². The molecule has 2 aromatic heterocycles. The van der Waals surface area contributed by atoms with Crippen molar-refractivity contribution >= 4 is 20.9 Å². The summed E-state index contributed by atoms with van der Waals surface area (Å²) in [5, 5.41) is 11.1. The maximum atomic E-state index is 13.0. The van der Waals surface area contributed by atoms with Crippen molar-refractivity contribution in [1.29, 1.82) is 0 Å². The topological polar surface area (TPSA) is 104 Å². The minimum absolute atomic E-state index is 0.0144. The molecule has 10 heteroatoms. The quantitative estimate of drug-likeness (QED) is 0.634. The average Bonchev–Trinajstić information content (AvgIpc) is 3.29. The molecule has 1 aromatic carbocycles. The first kappa shape index (κ1) is 19.6. The molecule has 0 radical (unpaired) electrons. The first-order valence-corrected chi connectivity index (χ1v) is 11.2. The molecule has 0 aliphatic carbocycles. The summed E-state index contributed by atoms with van der Waals surface area (Å²) in [5.74, 6) is 0.747. The van der Waals surface area contributed by atoms with Crippen molar-refractivity contribution in [2.24, 2.45) is 7.05 Å². The van der Waals surface area contributed by atoms with Crippen LogP contribution < -0.4 is 4.74 Å². The van der Waals surface area contributed by atoms with Gasteiger partial charge < -0.3 is 19.4 Å². The number of fused-ring (bicyclic) bond motifs is 4. The van der Waals surface area contributed by atoms with Crippen LogP contribution in [0.25, 0.3) is 10.9 Å². The number of imidazole rings is 1. The molecule has 4 heterocycles. The Morgan fingerprint density at radius 1 is 1.30 bits per heavy atom. The number of ether oxygens (including phenoxy) is 1. The molecule has 9 nitrogen and oxygen atoms in total. The SMILES string of the molecule is COc1ccc2c3c([nH]c2c1)[C@@H](CO)N(C)CC31CN(S(=O)(=O)c2cn(C)cn2)C1. The van der Waals surface area contributed by atoms with Gasteiger partial charge in [-0.2, -0.15) is 4.31 Å². The number of hydrogen-bond donors (Lipinski definition) is 2. The third-order valence-electron chi connectivity index (χ3n) is 6.40. The Bertz CT molecular complexity index is 1230. The van der Waals surface area contributed by atoms with Gasteiger partial charge in [0.25, 0.3) is 10.0 Å². The first-order valence-electron chi connectivity index (χ1n) is 9.78. The van der Waals surface area contributed by atoms with Crippen LogP contribution in [-0.4, -0.2) is 77.7 Å². The summed E-state index contributed by atoms with van der Waals surface area (Å²) in [6.45, 7) is 1.40. The van der Waals surface area contributed by atoms with Gasteiger partial charge in [-0.25, -0.2) is 13.4 Å². The fraction of sp³-hybridized carbons (Fsp3) is 0.450. The highest BCUT2D eigenvalue weighted by atomic mass is 32.2. The maximum Gasteiger partial charge on any atom is 0.262 e. The fourth-order valence-electron chi connectivity index (χ4n) is 4.97. The highest BCUT2D eigenvalue weighted by molar-refractivity contribution is 7.89. The number of aromatic amines is 1. The lowest BCUT2D eigenvalue weighted by atomic mass is 9.70. The maximum absolute atomic E-state index is 13.0. The number of nitrogens with one attached hydrogen (secondary N) is 1. The number of rotatable bonds is 4. The number of aromatic nitrogens is 3. The summed E-state index contributed by atoms with van der Waals surface area (Å²) in [4.78, 5) is 9.60. The van der Waals surface area contributed by atoms with Crippen LogP contribution in [0.2, 0.25) is 0 Å². The molecule has 160 valence electrons. The molecule has 2 aliphatic rings. The van der Waals surface area contributed by atoms with Crippen LogP contribution in [0, 0.1) is 0 Å². The zero-order valence-electron chi connectivity index (χ0n) is 17.2. The summed E-state index contributed by atoms with van der Waals surface area (Å²) in [6.07, 6.45) is 3.02. The van der Waals surface area contributed by atoms with Gasteiger partial charge in [0.05, 0.1) is 26.1 Å². The molecule has 5 rings (SSSR count). The third-order valence-corrected chi connectivity index (χ3v) is 8.08. The van der Waals surface area contributed by atoms with E-state index in [9.17, 15) is 13.5 Å². The Morgan fingerprint density at radius 3 is 2.70 bits per heavy atom. The van der Waals surface area contributed by atoms with Crippen LogP contribution in [0.1, 0.15) is 17.3 Å². The van der Waals surface area contributed by atoms with Crippen molar-refractivity contribution in [2.75, 3.05) is 40.4 Å². The molecular weight excluding hydrogens is 406 g/mol. The lowest BCUT2D eigenvalue weighted by Gasteiger charge is -2.54. The summed E-state index contributed by atoms with van der Waals surface area (Å²) < 4.78 is 34.5. The first-order chi connectivity index (χ1) is 14.3. The van der Waals surface area contributed by atoms with Crippen LogP contribution in [0.5, 0.6) is 5.75 Å². The van der Waals surface area contributed by atoms with Crippen LogP contribution in [-0.2, 0) is 22.5 Å². The third kappa shape index (κ3) is 2.64. The van der Waals surface area contributed by atoms with E-state index in [0.29, 0.717) is 19.6 Å². The van der Waals surface area contributed by atoms with Gasteiger partial charge in [-0.15, -0.1) is 0 Å². The molecule has 2 N–H and O–H groups in total. The highest BCUT2D eigenvalue weighted by Gasteiger charge is 2.55. The van der Waals surface area contributed by atoms with Gasteiger partial charge in [-0.1, -0.05) is 0 Å². The van der Waals surface area contributed by atoms with Gasteiger partial charge in [0.1, 0.15) is 5.75 Å². The normalized spacial score (nSPS) is 21.7. The van der Waals surface area contributed by atoms with Crippen molar-refractivity contribution in [3.05, 3.63) is 42.0 Å². The standard InChI is InChI=1S/C20H25N5O4S/c1-23-7-17(21-12-23)30(27,28)25-10-20(11-25)9-24(2)16(8-26)19-18(20)14-5-4-13(29-3)6-15(14)22-19/h4-7,12,16,22,26H,8-11H2,1-3H3/t16-/m1/s1. The number of hydrogen-bond acceptors (Lipinski definition) is 6. The van der Waals surface area contributed by atoms with E-state index in [0.717, 1.165) is 27.9 Å². The molecule has 0 bridgehead atoms. The Labute approximate surface area is 174 Å². The summed E-state index contributed by atoms with van der Waals surface area (Å²) in [7, 11) is 1.70. The van der Waals surface area contributed by atoms with Gasteiger partial charge in [0.15, 0.2) is 5.03 Å². The molecular formula is C20H25N5O4S. The van der Waals surface area contributed by atoms with Crippen molar-refractivity contribution < 1.29 is 18.3 Å². The van der Waals surface area contributed by atoms with E-state index in [1.165, 1.54) is 16.8 Å². The van der Waals surface area contributed by atoms with Gasteiger partial charge in [0.2, 0.25) is 0 Å². The lowest BCUT2D eigenvalue weighted by Crippen LogP contribution is -2.67. The van der Waals surface area contributed by atoms with E-state index >= 15 is 0 Å². The van der Waals surface area contributed by atoms with Gasteiger partial charge in [-0.05, 0) is 24.7 Å². The second-order valence-corrected chi connectivity index (χ2v) is 10.3. The minimum atomic E-state index is -3.64. The summed E-state index contributed by atoms with van der Waals surface area (Å²) in [6, 6.07) is 5.71. The Kier molecular flexibility index (Phi) is 4.27. The van der Waals surface area contributed by atoms with Crippen molar-refractivity contribution in [3.63, 3.8) is 0 Å². The van der Waals surface area contributed by atoms with Gasteiger partial charge in [0, 0.05) is 61.0 Å². The molecule has 0 saturated carbocycles. The van der Waals surface area contributed by atoms with Crippen molar-refractivity contribution in [3.8, 4) is 5.75 Å². The highest BCUT2D eigenvalue weighted by Crippen LogP contribution is 2.49. The lowest BCUT2D eigenvalue weighted by molar-refractivity contribution is 0.0466.